The maximum atomic E-state index is 12.9. The van der Waals surface area contributed by atoms with Crippen LogP contribution in [0.25, 0.3) is 0 Å². The lowest BCUT2D eigenvalue weighted by Crippen LogP contribution is -2.34. The average Bonchev–Trinajstić information content (AvgIpc) is 3.21. The summed E-state index contributed by atoms with van der Waals surface area (Å²) in [4.78, 5) is 27.4. The predicted octanol–water partition coefficient (Wildman–Crippen LogP) is 2.55. The van der Waals surface area contributed by atoms with E-state index in [-0.39, 0.29) is 18.2 Å². The molecule has 0 saturated carbocycles. The van der Waals surface area contributed by atoms with Crippen LogP contribution >= 0.6 is 0 Å². The van der Waals surface area contributed by atoms with Crippen LogP contribution in [0.4, 0.5) is 5.69 Å². The van der Waals surface area contributed by atoms with E-state index in [9.17, 15) is 9.59 Å². The highest BCUT2D eigenvalue weighted by atomic mass is 16.5. The topological polar surface area (TPSA) is 87.4 Å². The molecule has 0 bridgehead atoms. The molecule has 1 aliphatic heterocycles. The van der Waals surface area contributed by atoms with Gasteiger partial charge in [-0.3, -0.25) is 4.79 Å². The van der Waals surface area contributed by atoms with Gasteiger partial charge < -0.3 is 19.5 Å². The smallest absolute Gasteiger partial charge is 0.328 e. The molecule has 1 N–H and O–H groups in total. The number of ether oxygens (including phenoxy) is 1. The van der Waals surface area contributed by atoms with Crippen LogP contribution in [0, 0.1) is 11.3 Å². The van der Waals surface area contributed by atoms with Gasteiger partial charge in [0.15, 0.2) is 0 Å². The fraction of sp³-hybridized carbons (Fsp3) is 0.409. The summed E-state index contributed by atoms with van der Waals surface area (Å²) in [6.07, 6.45) is 3.14. The van der Waals surface area contributed by atoms with Crippen LogP contribution in [0.15, 0.2) is 53.5 Å². The summed E-state index contributed by atoms with van der Waals surface area (Å²) in [7, 11) is 0. The molecule has 7 nitrogen and oxygen atoms in total. The number of pyridine rings is 1. The van der Waals surface area contributed by atoms with Crippen LogP contribution in [-0.4, -0.2) is 41.1 Å². The van der Waals surface area contributed by atoms with Crippen LogP contribution in [0.1, 0.15) is 31.4 Å². The van der Waals surface area contributed by atoms with Gasteiger partial charge in [-0.05, 0) is 31.0 Å². The molecule has 2 heterocycles. The molecule has 2 atom stereocenters. The fourth-order valence-electron chi connectivity index (χ4n) is 3.50. The van der Waals surface area contributed by atoms with E-state index >= 15 is 0 Å². The number of benzene rings is 1. The second kappa shape index (κ2) is 9.89. The molecule has 1 saturated heterocycles. The molecule has 1 aromatic carbocycles. The minimum Gasteiger partial charge on any atom is -0.459 e. The lowest BCUT2D eigenvalue weighted by Gasteiger charge is -2.18. The molecule has 1 aliphatic rings. The number of carbonyl (C=O) groups is 1. The number of nitrogens with zero attached hydrogens (tertiary/aromatic N) is 3. The Labute approximate surface area is 170 Å². The molecule has 3 rings (SSSR count). The normalized spacial score (nSPS) is 17.4. The molecular weight excluding hydrogens is 368 g/mol. The number of anilines is 1. The fourth-order valence-corrected chi connectivity index (χ4v) is 3.50. The number of hydrogen-bond donors (Lipinski definition) is 1. The van der Waals surface area contributed by atoms with Crippen molar-refractivity contribution in [3.63, 3.8) is 0 Å². The van der Waals surface area contributed by atoms with Crippen LogP contribution in [-0.2, 0) is 16.1 Å². The first-order chi connectivity index (χ1) is 14.1. The molecule has 0 radical (unpaired) electrons. The molecule has 1 aromatic heterocycles. The third kappa shape index (κ3) is 5.46. The SMILES string of the molecule is CC(Nc1cccn([C@H]2CCN(CCC#N)C2)c1=O)C(=O)OCc1ccccc1. The molecule has 2 aromatic rings. The van der Waals surface area contributed by atoms with Gasteiger partial charge in [0.2, 0.25) is 0 Å². The summed E-state index contributed by atoms with van der Waals surface area (Å²) >= 11 is 0. The van der Waals surface area contributed by atoms with E-state index in [2.05, 4.69) is 16.3 Å². The van der Waals surface area contributed by atoms with Crippen molar-refractivity contribution >= 4 is 11.7 Å². The molecule has 1 fully saturated rings. The number of rotatable bonds is 8. The summed E-state index contributed by atoms with van der Waals surface area (Å²) in [5.41, 5.74) is 1.15. The first-order valence-electron chi connectivity index (χ1n) is 9.86. The summed E-state index contributed by atoms with van der Waals surface area (Å²) in [6, 6.07) is 14.6. The number of aromatic nitrogens is 1. The van der Waals surface area contributed by atoms with Crippen LogP contribution < -0.4 is 10.9 Å². The van der Waals surface area contributed by atoms with Crippen molar-refractivity contribution in [2.45, 2.75) is 38.5 Å². The summed E-state index contributed by atoms with van der Waals surface area (Å²) in [5.74, 6) is -0.410. The Morgan fingerprint density at radius 3 is 2.86 bits per heavy atom. The van der Waals surface area contributed by atoms with E-state index in [0.717, 1.165) is 31.6 Å². The number of nitrogens with one attached hydrogen (secondary N) is 1. The molecule has 0 amide bonds. The Balaban J connectivity index is 1.60. The Hall–Kier alpha value is -3.11. The molecule has 7 heteroatoms. The van der Waals surface area contributed by atoms with Gasteiger partial charge in [-0.15, -0.1) is 0 Å². The lowest BCUT2D eigenvalue weighted by atomic mass is 10.2. The minimum absolute atomic E-state index is 0.0725. The van der Waals surface area contributed by atoms with Crippen LogP contribution in [0.3, 0.4) is 0 Å². The highest BCUT2D eigenvalue weighted by Crippen LogP contribution is 2.20. The highest BCUT2D eigenvalue weighted by Gasteiger charge is 2.25. The second-order valence-electron chi connectivity index (χ2n) is 7.24. The Bertz CT molecular complexity index is 920. The number of likely N-dealkylation sites (tertiary alicyclic amines) is 1. The first kappa shape index (κ1) is 20.6. The van der Waals surface area contributed by atoms with E-state index in [1.54, 1.807) is 23.8 Å². The number of nitriles is 1. The van der Waals surface area contributed by atoms with Gasteiger partial charge in [-0.25, -0.2) is 4.79 Å². The zero-order valence-corrected chi connectivity index (χ0v) is 16.6. The van der Waals surface area contributed by atoms with E-state index in [0.29, 0.717) is 12.1 Å². The van der Waals surface area contributed by atoms with E-state index in [4.69, 9.17) is 10.00 Å². The van der Waals surface area contributed by atoms with Crippen LogP contribution in [0.5, 0.6) is 0 Å². The summed E-state index contributed by atoms with van der Waals surface area (Å²) in [5, 5.41) is 11.7. The maximum absolute atomic E-state index is 12.9. The standard InChI is InChI=1S/C22H26N4O3/c1-17(22(28)29-16-18-7-3-2-4-8-18)24-20-9-5-13-26(21(20)27)19-10-14-25(15-19)12-6-11-23/h2-5,7-9,13,17,19,24H,6,10,12,14-16H2,1H3/t17?,19-/m0/s1. The van der Waals surface area contributed by atoms with Gasteiger partial charge in [0.05, 0.1) is 12.1 Å². The van der Waals surface area contributed by atoms with Gasteiger partial charge in [0.1, 0.15) is 18.3 Å². The molecule has 0 aliphatic carbocycles. The molecule has 152 valence electrons. The van der Waals surface area contributed by atoms with Crippen molar-refractivity contribution < 1.29 is 9.53 Å². The molecular formula is C22H26N4O3. The van der Waals surface area contributed by atoms with Crippen molar-refractivity contribution in [2.75, 3.05) is 25.0 Å². The number of carbonyl (C=O) groups excluding carboxylic acids is 1. The molecule has 0 spiro atoms. The summed E-state index contributed by atoms with van der Waals surface area (Å²) < 4.78 is 7.06. The Morgan fingerprint density at radius 1 is 1.31 bits per heavy atom. The van der Waals surface area contributed by atoms with Gasteiger partial charge in [0.25, 0.3) is 5.56 Å². The van der Waals surface area contributed by atoms with E-state index in [1.807, 2.05) is 36.4 Å². The predicted molar refractivity (Wildman–Crippen MR) is 110 cm³/mol. The Kier molecular flexibility index (Phi) is 7.04. The van der Waals surface area contributed by atoms with Crippen molar-refractivity contribution in [1.29, 1.82) is 5.26 Å². The summed E-state index contributed by atoms with van der Waals surface area (Å²) in [6.45, 7) is 4.23. The van der Waals surface area contributed by atoms with Gasteiger partial charge >= 0.3 is 5.97 Å². The van der Waals surface area contributed by atoms with Crippen molar-refractivity contribution in [1.82, 2.24) is 9.47 Å². The highest BCUT2D eigenvalue weighted by molar-refractivity contribution is 5.78. The zero-order chi connectivity index (χ0) is 20.6. The van der Waals surface area contributed by atoms with Crippen LogP contribution in [0.2, 0.25) is 0 Å². The van der Waals surface area contributed by atoms with Crippen molar-refractivity contribution in [3.05, 3.63) is 64.6 Å². The first-order valence-corrected chi connectivity index (χ1v) is 9.86. The van der Waals surface area contributed by atoms with Crippen molar-refractivity contribution in [2.24, 2.45) is 0 Å². The quantitative estimate of drug-likeness (QED) is 0.693. The zero-order valence-electron chi connectivity index (χ0n) is 16.6. The number of esters is 1. The van der Waals surface area contributed by atoms with Gasteiger partial charge in [-0.2, -0.15) is 5.26 Å². The third-order valence-electron chi connectivity index (χ3n) is 5.10. The van der Waals surface area contributed by atoms with Crippen molar-refractivity contribution in [3.8, 4) is 6.07 Å². The minimum atomic E-state index is -0.641. The third-order valence-corrected chi connectivity index (χ3v) is 5.10. The second-order valence-corrected chi connectivity index (χ2v) is 7.24. The molecule has 29 heavy (non-hydrogen) atoms. The lowest BCUT2D eigenvalue weighted by molar-refractivity contribution is -0.145. The molecule has 1 unspecified atom stereocenters. The average molecular weight is 394 g/mol. The maximum Gasteiger partial charge on any atom is 0.328 e. The van der Waals surface area contributed by atoms with E-state index in [1.165, 1.54) is 0 Å². The van der Waals surface area contributed by atoms with Gasteiger partial charge in [0, 0.05) is 32.3 Å². The van der Waals surface area contributed by atoms with Gasteiger partial charge in [-0.1, -0.05) is 30.3 Å². The van der Waals surface area contributed by atoms with E-state index < -0.39 is 12.0 Å². The monoisotopic (exact) mass is 394 g/mol. The number of hydrogen-bond acceptors (Lipinski definition) is 6. The Morgan fingerprint density at radius 2 is 2.10 bits per heavy atom. The largest absolute Gasteiger partial charge is 0.459 e.